The highest BCUT2D eigenvalue weighted by molar-refractivity contribution is 8.16. The lowest BCUT2D eigenvalue weighted by atomic mass is 9.87. The van der Waals surface area contributed by atoms with Crippen LogP contribution in [-0.4, -0.2) is 29.4 Å². The lowest BCUT2D eigenvalue weighted by molar-refractivity contribution is 0.376. The molecule has 27 heavy (non-hydrogen) atoms. The highest BCUT2D eigenvalue weighted by Gasteiger charge is 2.50. The van der Waals surface area contributed by atoms with Crippen LogP contribution in [0.2, 0.25) is 0 Å². The Kier molecular flexibility index (Phi) is 10.2. The predicted octanol–water partition coefficient (Wildman–Crippen LogP) is 8.73. The molecule has 0 aromatic rings. The van der Waals surface area contributed by atoms with Gasteiger partial charge in [0.05, 0.1) is 0 Å². The van der Waals surface area contributed by atoms with E-state index in [1.807, 2.05) is 0 Å². The molecular weight excluding hydrogens is 361 g/mol. The Labute approximate surface area is 175 Å². The summed E-state index contributed by atoms with van der Waals surface area (Å²) in [4.78, 5) is 0. The molecule has 8 atom stereocenters. The van der Waals surface area contributed by atoms with Crippen molar-refractivity contribution in [3.63, 3.8) is 0 Å². The lowest BCUT2D eigenvalue weighted by Gasteiger charge is -2.35. The van der Waals surface area contributed by atoms with E-state index in [-0.39, 0.29) is 15.6 Å². The Bertz CT molecular complexity index is 355. The van der Waals surface area contributed by atoms with Gasteiger partial charge in [0.1, 0.15) is 0 Å². The van der Waals surface area contributed by atoms with Gasteiger partial charge in [0.25, 0.3) is 0 Å². The molecule has 0 aromatic carbocycles. The molecule has 0 aliphatic carbocycles. The molecule has 0 bridgehead atoms. The average Bonchev–Trinajstić information content (AvgIpc) is 2.99. The van der Waals surface area contributed by atoms with E-state index >= 15 is 0 Å². The van der Waals surface area contributed by atoms with Crippen LogP contribution >= 0.6 is 15.6 Å². The number of rotatable bonds is 10. The van der Waals surface area contributed by atoms with Gasteiger partial charge in [0, 0.05) is 0 Å². The quantitative estimate of drug-likeness (QED) is 0.250. The van der Waals surface area contributed by atoms with Crippen LogP contribution in [0.15, 0.2) is 0 Å². The van der Waals surface area contributed by atoms with Crippen molar-refractivity contribution in [2.45, 2.75) is 129 Å². The lowest BCUT2D eigenvalue weighted by Crippen LogP contribution is -2.17. The van der Waals surface area contributed by atoms with Crippen LogP contribution < -0.4 is 0 Å². The second-order valence-electron chi connectivity index (χ2n) is 9.87. The van der Waals surface area contributed by atoms with E-state index in [4.69, 9.17) is 0 Å². The van der Waals surface area contributed by atoms with Crippen molar-refractivity contribution < 1.29 is 0 Å². The molecule has 0 spiro atoms. The first-order valence-electron chi connectivity index (χ1n) is 12.3. The van der Waals surface area contributed by atoms with Gasteiger partial charge in [-0.1, -0.05) is 81.1 Å². The van der Waals surface area contributed by atoms with Crippen LogP contribution in [0.5, 0.6) is 0 Å². The highest BCUT2D eigenvalue weighted by Crippen LogP contribution is 2.72. The van der Waals surface area contributed by atoms with Gasteiger partial charge in [-0.15, -0.1) is 15.6 Å². The molecule has 0 aromatic heterocycles. The van der Waals surface area contributed by atoms with Gasteiger partial charge in [-0.2, -0.15) is 0 Å². The molecule has 8 unspecified atom stereocenters. The summed E-state index contributed by atoms with van der Waals surface area (Å²) in [6, 6.07) is 0. The maximum atomic E-state index is 3.13. The predicted molar refractivity (Wildman–Crippen MR) is 131 cm³/mol. The summed E-state index contributed by atoms with van der Waals surface area (Å²) >= 11 is 0. The fourth-order valence-electron chi connectivity index (χ4n) is 6.31. The molecule has 1 radical (unpaired) electrons. The Morgan fingerprint density at radius 1 is 0.481 bits per heavy atom. The number of hydrogen-bond acceptors (Lipinski definition) is 0. The fourth-order valence-corrected chi connectivity index (χ4v) is 16.7. The third-order valence-corrected chi connectivity index (χ3v) is 16.3. The van der Waals surface area contributed by atoms with E-state index in [2.05, 4.69) is 62.1 Å². The van der Waals surface area contributed by atoms with Crippen molar-refractivity contribution in [2.75, 3.05) is 0 Å². The first kappa shape index (κ1) is 24.2. The van der Waals surface area contributed by atoms with Gasteiger partial charge in [0.2, 0.25) is 0 Å². The normalized spacial score (nSPS) is 44.7. The maximum Gasteiger partial charge on any atom is 0.182 e. The monoisotopic (exact) mass is 409 g/mol. The summed E-state index contributed by atoms with van der Waals surface area (Å²) < 4.78 is 0. The zero-order chi connectivity index (χ0) is 20.1. The molecule has 2 aliphatic heterocycles. The van der Waals surface area contributed by atoms with Crippen molar-refractivity contribution in [1.29, 1.82) is 0 Å². The second-order valence-corrected chi connectivity index (χ2v) is 15.2. The summed E-state index contributed by atoms with van der Waals surface area (Å²) in [5.74, 6) is 3.80. The van der Waals surface area contributed by atoms with Crippen molar-refractivity contribution >= 4 is 22.3 Å². The molecule has 157 valence electrons. The van der Waals surface area contributed by atoms with Crippen LogP contribution in [0.1, 0.15) is 107 Å². The molecule has 0 nitrogen and oxygen atoms in total. The molecule has 0 N–H and O–H groups in total. The first-order chi connectivity index (χ1) is 12.9. The third-order valence-electron chi connectivity index (χ3n) is 8.22. The molecule has 2 fully saturated rings. The molecule has 2 rings (SSSR count). The Morgan fingerprint density at radius 2 is 0.704 bits per heavy atom. The molecule has 2 saturated heterocycles. The van der Waals surface area contributed by atoms with Crippen molar-refractivity contribution in [1.82, 2.24) is 0 Å². The smallest absolute Gasteiger partial charge is 0.135 e. The number of hydrogen-bond donors (Lipinski definition) is 0. The third kappa shape index (κ3) is 5.16. The minimum Gasteiger partial charge on any atom is -0.135 e. The van der Waals surface area contributed by atoms with E-state index in [0.717, 1.165) is 46.3 Å². The van der Waals surface area contributed by atoms with Crippen molar-refractivity contribution in [3.05, 3.63) is 0 Å². The SMILES string of the molecule is CCCC1C(C)C(C)C(CCC)P1[B]P1C(CCC)C(C)C(C)C1CCC. The highest BCUT2D eigenvalue weighted by atomic mass is 31.2. The summed E-state index contributed by atoms with van der Waals surface area (Å²) in [5.41, 5.74) is 4.09. The maximum absolute atomic E-state index is 3.13. The standard InChI is InChI=1S/C24H48BP2/c1-9-13-21-17(5)18(6)22(14-10-2)26(21)25-27-23(15-11-3)19(7)20(8)24(27)16-12-4/h17-24H,9-16H2,1-8H3. The second kappa shape index (κ2) is 11.4. The van der Waals surface area contributed by atoms with Crippen molar-refractivity contribution in [2.24, 2.45) is 23.7 Å². The van der Waals surface area contributed by atoms with E-state index < -0.39 is 0 Å². The Morgan fingerprint density at radius 3 is 0.889 bits per heavy atom. The van der Waals surface area contributed by atoms with Crippen LogP contribution in [0, 0.1) is 23.7 Å². The van der Waals surface area contributed by atoms with Gasteiger partial charge >= 0.3 is 0 Å². The minimum atomic E-state index is 0.118. The van der Waals surface area contributed by atoms with Gasteiger partial charge < -0.3 is 0 Å². The molecule has 0 saturated carbocycles. The zero-order valence-electron chi connectivity index (χ0n) is 19.7. The van der Waals surface area contributed by atoms with Gasteiger partial charge in [-0.05, 0) is 72.0 Å². The minimum absolute atomic E-state index is 0.118. The topological polar surface area (TPSA) is 0 Å². The van der Waals surface area contributed by atoms with Gasteiger partial charge in [-0.3, -0.25) is 0 Å². The van der Waals surface area contributed by atoms with Gasteiger partial charge in [0.15, 0.2) is 6.72 Å². The van der Waals surface area contributed by atoms with Gasteiger partial charge in [-0.25, -0.2) is 0 Å². The summed E-state index contributed by atoms with van der Waals surface area (Å²) in [7, 11) is 0.235. The summed E-state index contributed by atoms with van der Waals surface area (Å²) in [6.45, 7) is 23.2. The Hall–Kier alpha value is 0.925. The van der Waals surface area contributed by atoms with E-state index in [1.165, 1.54) is 51.4 Å². The molecule has 2 aliphatic rings. The molecule has 3 heteroatoms. The largest absolute Gasteiger partial charge is 0.182 e. The fraction of sp³-hybridized carbons (Fsp3) is 1.00. The molecule has 0 amide bonds. The molecular formula is C24H48BP2. The van der Waals surface area contributed by atoms with E-state index in [1.54, 1.807) is 0 Å². The molecule has 2 heterocycles. The van der Waals surface area contributed by atoms with Crippen LogP contribution in [0.4, 0.5) is 0 Å². The van der Waals surface area contributed by atoms with Crippen molar-refractivity contribution in [3.8, 4) is 0 Å². The first-order valence-corrected chi connectivity index (χ1v) is 15.4. The van der Waals surface area contributed by atoms with Crippen LogP contribution in [-0.2, 0) is 0 Å². The van der Waals surface area contributed by atoms with Crippen LogP contribution in [0.3, 0.4) is 0 Å². The average molecular weight is 409 g/mol. The van der Waals surface area contributed by atoms with E-state index in [0.29, 0.717) is 0 Å². The summed E-state index contributed by atoms with van der Waals surface area (Å²) in [6.07, 6.45) is 11.5. The van der Waals surface area contributed by atoms with Crippen LogP contribution in [0.25, 0.3) is 0 Å². The van der Waals surface area contributed by atoms with E-state index in [9.17, 15) is 0 Å². The summed E-state index contributed by atoms with van der Waals surface area (Å²) in [5, 5.41) is 0. The Balaban J connectivity index is 2.28. The zero-order valence-corrected chi connectivity index (χ0v) is 21.5.